The van der Waals surface area contributed by atoms with E-state index in [9.17, 15) is 13.6 Å². The molecule has 0 unspecified atom stereocenters. The second kappa shape index (κ2) is 7.43. The van der Waals surface area contributed by atoms with Gasteiger partial charge in [-0.05, 0) is 62.8 Å². The predicted molar refractivity (Wildman–Crippen MR) is 94.3 cm³/mol. The van der Waals surface area contributed by atoms with Gasteiger partial charge in [0.25, 0.3) is 5.91 Å². The highest BCUT2D eigenvalue weighted by Gasteiger charge is 2.16. The maximum atomic E-state index is 13.5. The topological polar surface area (TPSA) is 47.6 Å². The fourth-order valence-corrected chi connectivity index (χ4v) is 2.70. The van der Waals surface area contributed by atoms with E-state index >= 15 is 0 Å². The molecular formula is C15H11BrF2INO3. The van der Waals surface area contributed by atoms with Crippen molar-refractivity contribution >= 4 is 50.1 Å². The number of carbonyl (C=O) groups is 1. The van der Waals surface area contributed by atoms with E-state index in [2.05, 4.69) is 21.2 Å². The fourth-order valence-electron chi connectivity index (χ4n) is 1.83. The van der Waals surface area contributed by atoms with Crippen molar-refractivity contribution in [2.45, 2.75) is 0 Å². The third kappa shape index (κ3) is 3.92. The third-order valence-electron chi connectivity index (χ3n) is 2.95. The summed E-state index contributed by atoms with van der Waals surface area (Å²) in [5.74, 6) is -1.24. The smallest absolute Gasteiger partial charge is 0.255 e. The minimum absolute atomic E-state index is 0.0197. The Bertz CT molecular complexity index is 722. The van der Waals surface area contributed by atoms with Gasteiger partial charge in [0.05, 0.1) is 17.8 Å². The maximum absolute atomic E-state index is 13.5. The van der Waals surface area contributed by atoms with Crippen LogP contribution in [0.15, 0.2) is 28.7 Å². The van der Waals surface area contributed by atoms with Gasteiger partial charge in [-0.1, -0.05) is 0 Å². The molecule has 0 aromatic heterocycles. The second-order valence-electron chi connectivity index (χ2n) is 4.40. The number of halogens is 4. The van der Waals surface area contributed by atoms with E-state index in [1.54, 1.807) is 22.6 Å². The lowest BCUT2D eigenvalue weighted by Crippen LogP contribution is -2.13. The molecule has 2 rings (SSSR count). The van der Waals surface area contributed by atoms with Crippen LogP contribution < -0.4 is 14.8 Å². The molecule has 2 aromatic carbocycles. The molecule has 0 saturated carbocycles. The number of nitrogens with one attached hydrogen (secondary N) is 1. The van der Waals surface area contributed by atoms with Crippen molar-refractivity contribution in [1.29, 1.82) is 0 Å². The van der Waals surface area contributed by atoms with Crippen molar-refractivity contribution in [1.82, 2.24) is 0 Å². The van der Waals surface area contributed by atoms with Crippen molar-refractivity contribution in [3.8, 4) is 11.5 Å². The first-order chi connectivity index (χ1) is 10.9. The first kappa shape index (κ1) is 17.9. The van der Waals surface area contributed by atoms with Crippen molar-refractivity contribution in [3.63, 3.8) is 0 Å². The number of amides is 1. The molecular weight excluding hydrogens is 487 g/mol. The highest BCUT2D eigenvalue weighted by atomic mass is 127. The number of methoxy groups -OCH3 is 2. The van der Waals surface area contributed by atoms with Crippen molar-refractivity contribution in [2.75, 3.05) is 19.5 Å². The number of hydrogen-bond donors (Lipinski definition) is 1. The molecule has 0 fully saturated rings. The lowest BCUT2D eigenvalue weighted by Gasteiger charge is -2.12. The Kier molecular flexibility index (Phi) is 5.79. The monoisotopic (exact) mass is 497 g/mol. The molecule has 4 nitrogen and oxygen atoms in total. The first-order valence-corrected chi connectivity index (χ1v) is 8.12. The largest absolute Gasteiger partial charge is 0.495 e. The zero-order chi connectivity index (χ0) is 17.1. The number of anilines is 1. The summed E-state index contributed by atoms with van der Waals surface area (Å²) in [6, 6.07) is 5.08. The van der Waals surface area contributed by atoms with Crippen molar-refractivity contribution in [2.24, 2.45) is 0 Å². The molecule has 0 aliphatic heterocycles. The summed E-state index contributed by atoms with van der Waals surface area (Å²) in [4.78, 5) is 12.3. The summed E-state index contributed by atoms with van der Waals surface area (Å²) < 4.78 is 37.8. The number of carbonyl (C=O) groups excluding carboxylic acids is 1. The Labute approximate surface area is 153 Å². The number of benzene rings is 2. The lowest BCUT2D eigenvalue weighted by molar-refractivity contribution is 0.102. The third-order valence-corrected chi connectivity index (χ3v) is 4.76. The van der Waals surface area contributed by atoms with Crippen LogP contribution in [0.5, 0.6) is 11.5 Å². The average molecular weight is 498 g/mol. The standard InChI is InChI=1S/C15H11BrF2INO3/c1-22-11-3-7(4-12(23-2)13(11)16)15(21)20-8-5-9(17)14(19)10(18)6-8/h3-6H,1-2H3,(H,20,21). The van der Waals surface area contributed by atoms with Crippen LogP contribution in [0.4, 0.5) is 14.5 Å². The van der Waals surface area contributed by atoms with Gasteiger partial charge in [-0.25, -0.2) is 8.78 Å². The Morgan fingerprint density at radius 3 is 2.00 bits per heavy atom. The summed E-state index contributed by atoms with van der Waals surface area (Å²) in [5.41, 5.74) is 0.243. The first-order valence-electron chi connectivity index (χ1n) is 6.24. The molecule has 1 amide bonds. The molecule has 122 valence electrons. The van der Waals surface area contributed by atoms with Gasteiger partial charge >= 0.3 is 0 Å². The van der Waals surface area contributed by atoms with Gasteiger partial charge in [-0.3, -0.25) is 4.79 Å². The van der Waals surface area contributed by atoms with Crippen LogP contribution in [0.2, 0.25) is 0 Å². The molecule has 0 atom stereocenters. The quantitative estimate of drug-likeness (QED) is 0.496. The van der Waals surface area contributed by atoms with E-state index < -0.39 is 17.5 Å². The van der Waals surface area contributed by atoms with E-state index in [1.807, 2.05) is 0 Å². The Hall–Kier alpha value is -1.42. The zero-order valence-electron chi connectivity index (χ0n) is 12.0. The number of hydrogen-bond acceptors (Lipinski definition) is 3. The molecule has 0 aliphatic rings. The number of ether oxygens (including phenoxy) is 2. The van der Waals surface area contributed by atoms with E-state index in [4.69, 9.17) is 9.47 Å². The molecule has 0 aliphatic carbocycles. The van der Waals surface area contributed by atoms with Gasteiger partial charge in [0.2, 0.25) is 0 Å². The summed E-state index contributed by atoms with van der Waals surface area (Å²) >= 11 is 4.85. The van der Waals surface area contributed by atoms with Crippen LogP contribution in [0.1, 0.15) is 10.4 Å². The number of rotatable bonds is 4. The van der Waals surface area contributed by atoms with Gasteiger partial charge < -0.3 is 14.8 Å². The minimum Gasteiger partial charge on any atom is -0.495 e. The van der Waals surface area contributed by atoms with E-state index in [0.29, 0.717) is 16.0 Å². The van der Waals surface area contributed by atoms with Gasteiger partial charge in [0.15, 0.2) is 0 Å². The SMILES string of the molecule is COc1cc(C(=O)Nc2cc(F)c(I)c(F)c2)cc(OC)c1Br. The van der Waals surface area contributed by atoms with E-state index in [0.717, 1.165) is 12.1 Å². The minimum atomic E-state index is -0.744. The van der Waals surface area contributed by atoms with Crippen LogP contribution in [0.3, 0.4) is 0 Å². The average Bonchev–Trinajstić information content (AvgIpc) is 2.52. The fraction of sp³-hybridized carbons (Fsp3) is 0.133. The molecule has 23 heavy (non-hydrogen) atoms. The van der Waals surface area contributed by atoms with Crippen LogP contribution >= 0.6 is 38.5 Å². The molecule has 8 heteroatoms. The van der Waals surface area contributed by atoms with Crippen molar-refractivity contribution < 1.29 is 23.0 Å². The summed E-state index contributed by atoms with van der Waals surface area (Å²) in [6.07, 6.45) is 0. The molecule has 0 radical (unpaired) electrons. The summed E-state index contributed by atoms with van der Waals surface area (Å²) in [7, 11) is 2.90. The Morgan fingerprint density at radius 1 is 1.09 bits per heavy atom. The molecule has 2 aromatic rings. The van der Waals surface area contributed by atoms with E-state index in [1.165, 1.54) is 26.4 Å². The summed E-state index contributed by atoms with van der Waals surface area (Å²) in [6.45, 7) is 0. The predicted octanol–water partition coefficient (Wildman–Crippen LogP) is 4.60. The molecule has 0 saturated heterocycles. The van der Waals surface area contributed by atoms with Gasteiger partial charge in [-0.2, -0.15) is 0 Å². The summed E-state index contributed by atoms with van der Waals surface area (Å²) in [5, 5.41) is 2.44. The van der Waals surface area contributed by atoms with Crippen molar-refractivity contribution in [3.05, 3.63) is 49.5 Å². The Morgan fingerprint density at radius 2 is 1.57 bits per heavy atom. The Balaban J connectivity index is 2.34. The van der Waals surface area contributed by atoms with E-state index in [-0.39, 0.29) is 14.8 Å². The molecule has 1 N–H and O–H groups in total. The van der Waals surface area contributed by atoms with Crippen LogP contribution in [0.25, 0.3) is 0 Å². The lowest BCUT2D eigenvalue weighted by atomic mass is 10.1. The van der Waals surface area contributed by atoms with Crippen LogP contribution in [-0.4, -0.2) is 20.1 Å². The highest BCUT2D eigenvalue weighted by Crippen LogP contribution is 2.35. The second-order valence-corrected chi connectivity index (χ2v) is 6.27. The highest BCUT2D eigenvalue weighted by molar-refractivity contribution is 14.1. The zero-order valence-corrected chi connectivity index (χ0v) is 15.8. The maximum Gasteiger partial charge on any atom is 0.255 e. The van der Waals surface area contributed by atoms with Gasteiger partial charge in [0.1, 0.15) is 27.6 Å². The molecule has 0 heterocycles. The molecule has 0 spiro atoms. The van der Waals surface area contributed by atoms with Crippen LogP contribution in [0, 0.1) is 15.2 Å². The van der Waals surface area contributed by atoms with Gasteiger partial charge in [-0.15, -0.1) is 0 Å². The normalized spacial score (nSPS) is 10.3. The van der Waals surface area contributed by atoms with Crippen LogP contribution in [-0.2, 0) is 0 Å². The van der Waals surface area contributed by atoms with Gasteiger partial charge in [0, 0.05) is 11.3 Å². The molecule has 0 bridgehead atoms.